The van der Waals surface area contributed by atoms with Gasteiger partial charge in [0.1, 0.15) is 6.10 Å². The molecule has 0 saturated carbocycles. The lowest BCUT2D eigenvalue weighted by atomic mass is 9.96. The molecule has 2 amide bonds. The summed E-state index contributed by atoms with van der Waals surface area (Å²) in [5.74, 6) is -0.922. The molecule has 4 heterocycles. The van der Waals surface area contributed by atoms with Gasteiger partial charge in [0.2, 0.25) is 0 Å². The number of fused-ring (bicyclic) bond motifs is 6. The van der Waals surface area contributed by atoms with Gasteiger partial charge in [-0.25, -0.2) is 0 Å². The van der Waals surface area contributed by atoms with Crippen LogP contribution in [0.5, 0.6) is 0 Å². The molecular weight excluding hydrogens is 452 g/mol. The Balaban J connectivity index is 1.68. The van der Waals surface area contributed by atoms with Gasteiger partial charge in [0, 0.05) is 19.8 Å². The topological polar surface area (TPSA) is 96.4 Å². The zero-order chi connectivity index (χ0) is 22.8. The van der Waals surface area contributed by atoms with Gasteiger partial charge in [-0.05, 0) is 29.7 Å². The number of rotatable bonds is 3. The van der Waals surface area contributed by atoms with E-state index in [0.29, 0.717) is 6.42 Å². The fourth-order valence-corrected chi connectivity index (χ4v) is 7.55. The van der Waals surface area contributed by atoms with Crippen LogP contribution in [0.4, 0.5) is 0 Å². The molecule has 3 saturated heterocycles. The van der Waals surface area contributed by atoms with Crippen LogP contribution in [0.1, 0.15) is 19.8 Å². The number of carbonyl (C=O) groups excluding carboxylic acids is 3. The molecule has 10 heteroatoms. The Morgan fingerprint density at radius 3 is 2.34 bits per heavy atom. The normalized spacial score (nSPS) is 39.4. The Labute approximate surface area is 194 Å². The number of ether oxygens (including phenoxy) is 2. The minimum absolute atomic E-state index is 0.220. The Morgan fingerprint density at radius 2 is 1.72 bits per heavy atom. The second-order valence-electron chi connectivity index (χ2n) is 8.42. The third kappa shape index (κ3) is 2.66. The van der Waals surface area contributed by atoms with Crippen molar-refractivity contribution in [3.63, 3.8) is 0 Å². The van der Waals surface area contributed by atoms with Crippen LogP contribution in [0.25, 0.3) is 0 Å². The number of carbonyl (C=O) groups is 3. The molecule has 1 aliphatic carbocycles. The van der Waals surface area contributed by atoms with Crippen molar-refractivity contribution in [3.8, 4) is 0 Å². The summed E-state index contributed by atoms with van der Waals surface area (Å²) in [5, 5.41) is 10.8. The number of piperazine rings is 1. The Hall–Kier alpha value is -2.17. The number of allylic oxidation sites excluding steroid dienone is 2. The summed E-state index contributed by atoms with van der Waals surface area (Å²) < 4.78 is 11.0. The van der Waals surface area contributed by atoms with E-state index >= 15 is 0 Å². The number of hydrogen-bond acceptors (Lipinski definition) is 8. The Morgan fingerprint density at radius 1 is 1.09 bits per heavy atom. The van der Waals surface area contributed by atoms with E-state index in [9.17, 15) is 19.5 Å². The van der Waals surface area contributed by atoms with Gasteiger partial charge in [0.25, 0.3) is 11.8 Å². The molecule has 0 aromatic rings. The SMILES string of the molecule is CS[C@@]12CC3=COC=C[C@H](OC(C)=O)[C@H]3N1C(=O)[C@]1(SC)CC3=CC=C[C@H](O)[C@H]3N1C2=O. The summed E-state index contributed by atoms with van der Waals surface area (Å²) in [6.45, 7) is 1.32. The lowest BCUT2D eigenvalue weighted by molar-refractivity contribution is -0.169. The van der Waals surface area contributed by atoms with Crippen LogP contribution in [0.15, 0.2) is 48.0 Å². The van der Waals surface area contributed by atoms with Crippen molar-refractivity contribution >= 4 is 41.3 Å². The Bertz CT molecular complexity index is 1020. The van der Waals surface area contributed by atoms with Gasteiger partial charge in [-0.1, -0.05) is 18.2 Å². The number of esters is 1. The summed E-state index contributed by atoms with van der Waals surface area (Å²) in [6.07, 6.45) is 12.4. The van der Waals surface area contributed by atoms with Crippen molar-refractivity contribution in [1.29, 1.82) is 0 Å². The molecule has 5 aliphatic rings. The van der Waals surface area contributed by atoms with E-state index < -0.39 is 40.0 Å². The summed E-state index contributed by atoms with van der Waals surface area (Å²) >= 11 is 2.60. The monoisotopic (exact) mass is 476 g/mol. The molecule has 170 valence electrons. The second kappa shape index (κ2) is 7.43. The lowest BCUT2D eigenvalue weighted by Gasteiger charge is -2.54. The average Bonchev–Trinajstić information content (AvgIpc) is 3.23. The smallest absolute Gasteiger partial charge is 0.303 e. The van der Waals surface area contributed by atoms with Gasteiger partial charge in [0.15, 0.2) is 9.74 Å². The number of nitrogens with zero attached hydrogens (tertiary/aromatic N) is 2. The van der Waals surface area contributed by atoms with E-state index in [1.54, 1.807) is 40.5 Å². The molecule has 4 aliphatic heterocycles. The molecule has 0 radical (unpaired) electrons. The van der Waals surface area contributed by atoms with Gasteiger partial charge < -0.3 is 24.4 Å². The molecule has 0 unspecified atom stereocenters. The van der Waals surface area contributed by atoms with Crippen molar-refractivity contribution in [2.75, 3.05) is 12.5 Å². The van der Waals surface area contributed by atoms with Crippen molar-refractivity contribution in [2.24, 2.45) is 0 Å². The van der Waals surface area contributed by atoms with Crippen molar-refractivity contribution in [2.45, 2.75) is 53.8 Å². The second-order valence-corrected chi connectivity index (χ2v) is 10.6. The van der Waals surface area contributed by atoms with Gasteiger partial charge in [-0.15, -0.1) is 23.5 Å². The van der Waals surface area contributed by atoms with E-state index in [2.05, 4.69) is 0 Å². The maximum atomic E-state index is 14.3. The van der Waals surface area contributed by atoms with Crippen molar-refractivity contribution in [3.05, 3.63) is 48.0 Å². The molecule has 5 rings (SSSR count). The molecule has 0 aromatic carbocycles. The minimum Gasteiger partial charge on any atom is -0.473 e. The average molecular weight is 477 g/mol. The first-order chi connectivity index (χ1) is 15.3. The maximum Gasteiger partial charge on any atom is 0.303 e. The van der Waals surface area contributed by atoms with E-state index in [1.807, 2.05) is 12.3 Å². The number of aliphatic hydroxyl groups is 1. The zero-order valence-corrected chi connectivity index (χ0v) is 19.5. The molecule has 8 nitrogen and oxygen atoms in total. The molecule has 6 atom stereocenters. The third-order valence-corrected chi connectivity index (χ3v) is 9.27. The molecule has 32 heavy (non-hydrogen) atoms. The fraction of sp³-hybridized carbons (Fsp3) is 0.500. The summed E-state index contributed by atoms with van der Waals surface area (Å²) in [6, 6.07) is -1.22. The molecule has 1 N–H and O–H groups in total. The number of aliphatic hydroxyl groups excluding tert-OH is 1. The van der Waals surface area contributed by atoms with Crippen LogP contribution < -0.4 is 0 Å². The van der Waals surface area contributed by atoms with Crippen molar-refractivity contribution in [1.82, 2.24) is 9.80 Å². The van der Waals surface area contributed by atoms with E-state index in [1.165, 1.54) is 36.7 Å². The minimum atomic E-state index is -1.21. The highest BCUT2D eigenvalue weighted by molar-refractivity contribution is 8.01. The van der Waals surface area contributed by atoms with E-state index in [0.717, 1.165) is 11.1 Å². The zero-order valence-electron chi connectivity index (χ0n) is 17.9. The van der Waals surface area contributed by atoms with Gasteiger partial charge in [0.05, 0.1) is 30.7 Å². The van der Waals surface area contributed by atoms with Crippen LogP contribution in [-0.2, 0) is 23.9 Å². The van der Waals surface area contributed by atoms with Crippen LogP contribution >= 0.6 is 23.5 Å². The highest BCUT2D eigenvalue weighted by atomic mass is 32.2. The highest BCUT2D eigenvalue weighted by Gasteiger charge is 2.72. The predicted molar refractivity (Wildman–Crippen MR) is 120 cm³/mol. The summed E-state index contributed by atoms with van der Waals surface area (Å²) in [4.78, 5) is 41.3. The van der Waals surface area contributed by atoms with Crippen LogP contribution in [0.2, 0.25) is 0 Å². The Kier molecular flexibility index (Phi) is 5.03. The van der Waals surface area contributed by atoms with Crippen LogP contribution in [-0.4, -0.2) is 79.2 Å². The molecule has 0 spiro atoms. The molecule has 3 fully saturated rings. The number of thioether (sulfide) groups is 2. The van der Waals surface area contributed by atoms with E-state index in [4.69, 9.17) is 9.47 Å². The number of hydrogen-bond donors (Lipinski definition) is 1. The molecule has 0 aromatic heterocycles. The summed E-state index contributed by atoms with van der Waals surface area (Å²) in [7, 11) is 0. The third-order valence-electron chi connectivity index (χ3n) is 6.88. The predicted octanol–water partition coefficient (Wildman–Crippen LogP) is 1.54. The summed E-state index contributed by atoms with van der Waals surface area (Å²) in [5.41, 5.74) is 1.58. The maximum absolute atomic E-state index is 14.3. The van der Waals surface area contributed by atoms with Gasteiger partial charge in [-0.2, -0.15) is 0 Å². The molecular formula is C22H24N2O6S2. The van der Waals surface area contributed by atoms with Crippen LogP contribution in [0.3, 0.4) is 0 Å². The molecule has 0 bridgehead atoms. The fourth-order valence-electron chi connectivity index (χ4n) is 5.59. The highest BCUT2D eigenvalue weighted by Crippen LogP contribution is 2.59. The quantitative estimate of drug-likeness (QED) is 0.613. The van der Waals surface area contributed by atoms with Gasteiger partial charge >= 0.3 is 5.97 Å². The lowest BCUT2D eigenvalue weighted by Crippen LogP contribution is -2.74. The number of amides is 2. The first-order valence-corrected chi connectivity index (χ1v) is 12.8. The first kappa shape index (κ1) is 21.7. The largest absolute Gasteiger partial charge is 0.473 e. The van der Waals surface area contributed by atoms with Gasteiger partial charge in [-0.3, -0.25) is 14.4 Å². The van der Waals surface area contributed by atoms with Crippen molar-refractivity contribution < 1.29 is 29.0 Å². The van der Waals surface area contributed by atoms with E-state index in [-0.39, 0.29) is 18.2 Å². The standard InChI is InChI=1S/C22H24N2O6S2/c1-12(25)30-16-7-8-29-11-14-10-22(32-3)19(27)23-17-13(5-4-6-15(17)26)9-21(23,31-2)20(28)24(22)18(14)16/h4-8,11,15-18,26H,9-10H2,1-3H3/t15-,16-,17-,18-,21+,22+/m0/s1. The first-order valence-electron chi connectivity index (χ1n) is 10.3. The van der Waals surface area contributed by atoms with Crippen LogP contribution in [0, 0.1) is 0 Å².